The summed E-state index contributed by atoms with van der Waals surface area (Å²) < 4.78 is 5.49. The molecule has 0 atom stereocenters. The van der Waals surface area contributed by atoms with Gasteiger partial charge in [-0.05, 0) is 41.9 Å². The average Bonchev–Trinajstić information content (AvgIpc) is 2.25. The van der Waals surface area contributed by atoms with Crippen LogP contribution in [0.2, 0.25) is 0 Å². The van der Waals surface area contributed by atoms with Gasteiger partial charge in [-0.2, -0.15) is 0 Å². The highest BCUT2D eigenvalue weighted by Crippen LogP contribution is 2.33. The first kappa shape index (κ1) is 16.7. The van der Waals surface area contributed by atoms with Crippen molar-refractivity contribution in [1.29, 1.82) is 0 Å². The zero-order chi connectivity index (χ0) is 15.7. The predicted octanol–water partition coefficient (Wildman–Crippen LogP) is 4.91. The van der Waals surface area contributed by atoms with E-state index in [4.69, 9.17) is 4.74 Å². The van der Waals surface area contributed by atoms with E-state index in [9.17, 15) is 4.79 Å². The second-order valence-corrected chi connectivity index (χ2v) is 7.35. The van der Waals surface area contributed by atoms with Gasteiger partial charge in [0.25, 0.3) is 0 Å². The van der Waals surface area contributed by atoms with Gasteiger partial charge in [0.05, 0.1) is 0 Å². The zero-order valence-electron chi connectivity index (χ0n) is 14.1. The van der Waals surface area contributed by atoms with Gasteiger partial charge >= 0.3 is 5.97 Å². The van der Waals surface area contributed by atoms with Gasteiger partial charge in [0.2, 0.25) is 0 Å². The van der Waals surface area contributed by atoms with Crippen molar-refractivity contribution in [3.63, 3.8) is 0 Å². The summed E-state index contributed by atoms with van der Waals surface area (Å²) in [7, 11) is 0. The van der Waals surface area contributed by atoms with Crippen LogP contribution < -0.4 is 0 Å². The standard InChI is InChI=1S/C18H28O2/c1-12(2)14-9-15(17(4,5)6)11-16(10-14)18(7,8)20-13(3)19/h9-12H,1-8H3. The molecule has 0 spiro atoms. The normalized spacial score (nSPS) is 12.7. The van der Waals surface area contributed by atoms with E-state index in [0.717, 1.165) is 5.56 Å². The molecule has 0 amide bonds. The Balaban J connectivity index is 3.39. The molecule has 0 unspecified atom stereocenters. The fraction of sp³-hybridized carbons (Fsp3) is 0.611. The molecule has 0 N–H and O–H groups in total. The van der Waals surface area contributed by atoms with Crippen molar-refractivity contribution in [3.8, 4) is 0 Å². The van der Waals surface area contributed by atoms with Crippen molar-refractivity contribution in [2.75, 3.05) is 0 Å². The molecule has 20 heavy (non-hydrogen) atoms. The molecule has 112 valence electrons. The van der Waals surface area contributed by atoms with Crippen LogP contribution in [0.15, 0.2) is 18.2 Å². The molecular formula is C18H28O2. The van der Waals surface area contributed by atoms with Crippen LogP contribution in [0.1, 0.15) is 78.0 Å². The van der Waals surface area contributed by atoms with Crippen LogP contribution >= 0.6 is 0 Å². The van der Waals surface area contributed by atoms with Crippen LogP contribution in [0.3, 0.4) is 0 Å². The van der Waals surface area contributed by atoms with E-state index >= 15 is 0 Å². The summed E-state index contributed by atoms with van der Waals surface area (Å²) in [6.45, 7) is 16.3. The van der Waals surface area contributed by atoms with Gasteiger partial charge < -0.3 is 4.74 Å². The Hall–Kier alpha value is -1.31. The van der Waals surface area contributed by atoms with Gasteiger partial charge in [-0.15, -0.1) is 0 Å². The Morgan fingerprint density at radius 1 is 1.00 bits per heavy atom. The summed E-state index contributed by atoms with van der Waals surface area (Å²) in [6.07, 6.45) is 0. The number of carbonyl (C=O) groups is 1. The van der Waals surface area contributed by atoms with E-state index in [1.165, 1.54) is 18.1 Å². The molecule has 1 aromatic carbocycles. The molecule has 0 aliphatic rings. The third-order valence-electron chi connectivity index (χ3n) is 3.58. The van der Waals surface area contributed by atoms with Crippen molar-refractivity contribution >= 4 is 5.97 Å². The van der Waals surface area contributed by atoms with Crippen molar-refractivity contribution in [1.82, 2.24) is 0 Å². The molecule has 0 aromatic heterocycles. The number of carbonyl (C=O) groups excluding carboxylic acids is 1. The minimum absolute atomic E-state index is 0.0754. The van der Waals surface area contributed by atoms with E-state index in [1.54, 1.807) is 0 Å². The van der Waals surface area contributed by atoms with E-state index in [0.29, 0.717) is 5.92 Å². The fourth-order valence-corrected chi connectivity index (χ4v) is 2.18. The Bertz CT molecular complexity index is 491. The van der Waals surface area contributed by atoms with Crippen LogP contribution in [-0.4, -0.2) is 5.97 Å². The minimum Gasteiger partial charge on any atom is -0.455 e. The van der Waals surface area contributed by atoms with Crippen molar-refractivity contribution in [2.24, 2.45) is 0 Å². The lowest BCUT2D eigenvalue weighted by Crippen LogP contribution is -2.25. The number of hydrogen-bond acceptors (Lipinski definition) is 2. The lowest BCUT2D eigenvalue weighted by atomic mass is 9.81. The van der Waals surface area contributed by atoms with Crippen molar-refractivity contribution in [2.45, 2.75) is 72.3 Å². The Labute approximate surface area is 123 Å². The largest absolute Gasteiger partial charge is 0.455 e. The molecule has 0 aliphatic heterocycles. The lowest BCUT2D eigenvalue weighted by molar-refractivity contribution is -0.154. The SMILES string of the molecule is CC(=O)OC(C)(C)c1cc(C(C)C)cc(C(C)(C)C)c1. The fourth-order valence-electron chi connectivity index (χ4n) is 2.18. The quantitative estimate of drug-likeness (QED) is 0.733. The van der Waals surface area contributed by atoms with Crippen LogP contribution in [-0.2, 0) is 20.5 Å². The number of rotatable bonds is 3. The maximum atomic E-state index is 11.3. The molecule has 0 fully saturated rings. The second kappa shape index (κ2) is 5.59. The van der Waals surface area contributed by atoms with E-state index < -0.39 is 5.60 Å². The highest BCUT2D eigenvalue weighted by atomic mass is 16.6. The van der Waals surface area contributed by atoms with Gasteiger partial charge in [-0.1, -0.05) is 52.8 Å². The summed E-state index contributed by atoms with van der Waals surface area (Å²) >= 11 is 0. The second-order valence-electron chi connectivity index (χ2n) is 7.35. The van der Waals surface area contributed by atoms with Crippen LogP contribution in [0.25, 0.3) is 0 Å². The Morgan fingerprint density at radius 2 is 1.50 bits per heavy atom. The van der Waals surface area contributed by atoms with Gasteiger partial charge in [-0.3, -0.25) is 4.79 Å². The Kier molecular flexibility index (Phi) is 4.68. The van der Waals surface area contributed by atoms with Gasteiger partial charge in [0.15, 0.2) is 0 Å². The van der Waals surface area contributed by atoms with E-state index in [-0.39, 0.29) is 11.4 Å². The van der Waals surface area contributed by atoms with Gasteiger partial charge in [0, 0.05) is 6.92 Å². The van der Waals surface area contributed by atoms with E-state index in [1.807, 2.05) is 13.8 Å². The summed E-state index contributed by atoms with van der Waals surface area (Å²) in [4.78, 5) is 11.3. The van der Waals surface area contributed by atoms with Crippen molar-refractivity contribution < 1.29 is 9.53 Å². The minimum atomic E-state index is -0.600. The summed E-state index contributed by atoms with van der Waals surface area (Å²) in [5.41, 5.74) is 3.10. The highest BCUT2D eigenvalue weighted by molar-refractivity contribution is 5.66. The maximum absolute atomic E-state index is 11.3. The number of esters is 1. The van der Waals surface area contributed by atoms with Crippen LogP contribution in [0.5, 0.6) is 0 Å². The molecule has 2 nitrogen and oxygen atoms in total. The number of hydrogen-bond donors (Lipinski definition) is 0. The monoisotopic (exact) mass is 276 g/mol. The topological polar surface area (TPSA) is 26.3 Å². The van der Waals surface area contributed by atoms with E-state index in [2.05, 4.69) is 52.8 Å². The molecule has 0 aliphatic carbocycles. The van der Waals surface area contributed by atoms with Gasteiger partial charge in [0.1, 0.15) is 5.60 Å². The molecular weight excluding hydrogens is 248 g/mol. The van der Waals surface area contributed by atoms with Gasteiger partial charge in [-0.25, -0.2) is 0 Å². The molecule has 0 bridgehead atoms. The lowest BCUT2D eigenvalue weighted by Gasteiger charge is -2.29. The molecule has 0 radical (unpaired) electrons. The first-order valence-corrected chi connectivity index (χ1v) is 7.29. The molecule has 0 saturated heterocycles. The molecule has 1 aromatic rings. The molecule has 2 heteroatoms. The summed E-state index contributed by atoms with van der Waals surface area (Å²) in [6, 6.07) is 6.58. The predicted molar refractivity (Wildman–Crippen MR) is 84.0 cm³/mol. The summed E-state index contributed by atoms with van der Waals surface area (Å²) in [5, 5.41) is 0. The maximum Gasteiger partial charge on any atom is 0.303 e. The van der Waals surface area contributed by atoms with Crippen molar-refractivity contribution in [3.05, 3.63) is 34.9 Å². The Morgan fingerprint density at radius 3 is 1.90 bits per heavy atom. The third kappa shape index (κ3) is 4.09. The number of benzene rings is 1. The molecule has 0 heterocycles. The first-order valence-electron chi connectivity index (χ1n) is 7.29. The molecule has 1 rings (SSSR count). The highest BCUT2D eigenvalue weighted by Gasteiger charge is 2.27. The molecule has 0 saturated carbocycles. The summed E-state index contributed by atoms with van der Waals surface area (Å²) in [5.74, 6) is 0.200. The smallest absolute Gasteiger partial charge is 0.303 e. The zero-order valence-corrected chi connectivity index (χ0v) is 14.1. The number of ether oxygens (including phenoxy) is 1. The van der Waals surface area contributed by atoms with Crippen LogP contribution in [0, 0.1) is 0 Å². The van der Waals surface area contributed by atoms with Crippen LogP contribution in [0.4, 0.5) is 0 Å². The average molecular weight is 276 g/mol. The third-order valence-corrected chi connectivity index (χ3v) is 3.58. The first-order chi connectivity index (χ1) is 8.93.